The minimum absolute atomic E-state index is 0.0240. The van der Waals surface area contributed by atoms with E-state index in [4.69, 9.17) is 4.74 Å². The molecule has 1 N–H and O–H groups in total. The minimum Gasteiger partial charge on any atom is -0.464 e. The zero-order valence-electron chi connectivity index (χ0n) is 18.1. The van der Waals surface area contributed by atoms with Crippen molar-refractivity contribution < 1.29 is 28.7 Å². The van der Waals surface area contributed by atoms with Gasteiger partial charge in [0, 0.05) is 6.54 Å². The summed E-state index contributed by atoms with van der Waals surface area (Å²) in [6.07, 6.45) is 4.25. The lowest BCUT2D eigenvalue weighted by Crippen LogP contribution is -2.54. The molecule has 32 heavy (non-hydrogen) atoms. The average Bonchev–Trinajstić information content (AvgIpc) is 3.16. The minimum atomic E-state index is -0.901. The molecule has 0 bridgehead atoms. The maximum Gasteiger partial charge on any atom is 0.326 e. The van der Waals surface area contributed by atoms with E-state index >= 15 is 0 Å². The molecule has 0 unspecified atom stereocenters. The maximum atomic E-state index is 12.9. The lowest BCUT2D eigenvalue weighted by Gasteiger charge is -2.36. The summed E-state index contributed by atoms with van der Waals surface area (Å²) in [6.45, 7) is 1.84. The lowest BCUT2D eigenvalue weighted by atomic mass is 9.73. The summed E-state index contributed by atoms with van der Waals surface area (Å²) >= 11 is 0. The molecule has 2 aliphatic heterocycles. The summed E-state index contributed by atoms with van der Waals surface area (Å²) in [5.41, 5.74) is -0.0905. The van der Waals surface area contributed by atoms with Crippen LogP contribution < -0.4 is 5.32 Å². The molecule has 2 fully saturated rings. The van der Waals surface area contributed by atoms with Gasteiger partial charge in [-0.1, -0.05) is 31.9 Å². The molecule has 1 spiro atoms. The molecule has 2 atom stereocenters. The van der Waals surface area contributed by atoms with E-state index in [2.05, 4.69) is 5.32 Å². The smallest absolute Gasteiger partial charge is 0.326 e. The highest BCUT2D eigenvalue weighted by Crippen LogP contribution is 2.38. The summed E-state index contributed by atoms with van der Waals surface area (Å²) in [6, 6.07) is 6.15. The monoisotopic (exact) mass is 441 g/mol. The number of fused-ring (bicyclic) bond motifs is 1. The Hall–Kier alpha value is -3.23. The number of unbranched alkanes of at least 4 members (excludes halogenated alkanes) is 1. The van der Waals surface area contributed by atoms with Crippen LogP contribution in [-0.2, 0) is 14.3 Å². The number of urea groups is 1. The van der Waals surface area contributed by atoms with Crippen molar-refractivity contribution in [2.45, 2.75) is 51.0 Å². The number of nitrogens with one attached hydrogen (secondary N) is 1. The van der Waals surface area contributed by atoms with E-state index in [-0.39, 0.29) is 36.8 Å². The average molecular weight is 441 g/mol. The Labute approximate surface area is 186 Å². The second-order valence-electron chi connectivity index (χ2n) is 8.67. The van der Waals surface area contributed by atoms with Gasteiger partial charge in [0.05, 0.1) is 17.7 Å². The van der Waals surface area contributed by atoms with E-state index in [1.54, 1.807) is 24.3 Å². The number of benzene rings is 1. The molecule has 0 aromatic heterocycles. The van der Waals surface area contributed by atoms with Crippen LogP contribution in [0.15, 0.2) is 24.3 Å². The lowest BCUT2D eigenvalue weighted by molar-refractivity contribution is -0.148. The van der Waals surface area contributed by atoms with Crippen LogP contribution in [0.4, 0.5) is 4.79 Å². The van der Waals surface area contributed by atoms with E-state index < -0.39 is 24.1 Å². The molecule has 2 heterocycles. The Morgan fingerprint density at radius 3 is 2.41 bits per heavy atom. The fourth-order valence-electron chi connectivity index (χ4n) is 4.81. The van der Waals surface area contributed by atoms with Gasteiger partial charge in [-0.05, 0) is 43.7 Å². The number of nitrogens with zero attached hydrogens (tertiary/aromatic N) is 2. The SMILES string of the molecule is C[C@@H]1CCCC[C@@]12NC(=O)N(CC(=O)OCCCCN1C(=O)c3ccccc3C1=O)C2=O. The topological polar surface area (TPSA) is 113 Å². The van der Waals surface area contributed by atoms with E-state index in [0.717, 1.165) is 24.2 Å². The highest BCUT2D eigenvalue weighted by atomic mass is 16.5. The van der Waals surface area contributed by atoms with E-state index in [0.29, 0.717) is 30.4 Å². The highest BCUT2D eigenvalue weighted by Gasteiger charge is 2.55. The van der Waals surface area contributed by atoms with E-state index in [1.165, 1.54) is 4.90 Å². The summed E-state index contributed by atoms with van der Waals surface area (Å²) in [5, 5.41) is 2.81. The van der Waals surface area contributed by atoms with Crippen LogP contribution in [0.1, 0.15) is 66.2 Å². The second kappa shape index (κ2) is 8.72. The third-order valence-corrected chi connectivity index (χ3v) is 6.71. The standard InChI is InChI=1S/C23H27N3O6/c1-15-8-4-5-11-23(15)21(30)26(22(31)24-23)14-18(27)32-13-7-6-12-25-19(28)16-9-2-3-10-17(16)20(25)29/h2-3,9-10,15H,4-8,11-14H2,1H3,(H,24,31)/t15-,23-/m1/s1. The highest BCUT2D eigenvalue weighted by molar-refractivity contribution is 6.21. The summed E-state index contributed by atoms with van der Waals surface area (Å²) in [5.74, 6) is -1.61. The van der Waals surface area contributed by atoms with Crippen molar-refractivity contribution in [3.05, 3.63) is 35.4 Å². The molecular formula is C23H27N3O6. The summed E-state index contributed by atoms with van der Waals surface area (Å²) in [7, 11) is 0. The van der Waals surface area contributed by atoms with Gasteiger partial charge in [0.2, 0.25) is 0 Å². The zero-order valence-corrected chi connectivity index (χ0v) is 18.1. The van der Waals surface area contributed by atoms with Crippen molar-refractivity contribution in [3.63, 3.8) is 0 Å². The molecule has 5 amide bonds. The first-order chi connectivity index (χ1) is 15.3. The van der Waals surface area contributed by atoms with Crippen molar-refractivity contribution in [3.8, 4) is 0 Å². The van der Waals surface area contributed by atoms with Crippen molar-refractivity contribution in [2.75, 3.05) is 19.7 Å². The second-order valence-corrected chi connectivity index (χ2v) is 8.67. The molecule has 0 radical (unpaired) electrons. The third kappa shape index (κ3) is 3.76. The third-order valence-electron chi connectivity index (χ3n) is 6.71. The van der Waals surface area contributed by atoms with Crippen LogP contribution in [0.2, 0.25) is 0 Å². The first-order valence-electron chi connectivity index (χ1n) is 11.1. The van der Waals surface area contributed by atoms with Crippen molar-refractivity contribution in [1.82, 2.24) is 15.1 Å². The maximum absolute atomic E-state index is 12.9. The van der Waals surface area contributed by atoms with Crippen LogP contribution in [0.25, 0.3) is 0 Å². The number of imide groups is 2. The Balaban J connectivity index is 1.21. The van der Waals surface area contributed by atoms with Gasteiger partial charge in [-0.3, -0.25) is 29.0 Å². The Kier molecular flexibility index (Phi) is 5.99. The molecule has 1 aromatic rings. The van der Waals surface area contributed by atoms with Gasteiger partial charge >= 0.3 is 12.0 Å². The molecule has 9 heteroatoms. The molecule has 1 aromatic carbocycles. The summed E-state index contributed by atoms with van der Waals surface area (Å²) < 4.78 is 5.18. The number of esters is 1. The zero-order chi connectivity index (χ0) is 22.9. The Morgan fingerprint density at radius 1 is 1.06 bits per heavy atom. The first kappa shape index (κ1) is 22.0. The van der Waals surface area contributed by atoms with Crippen LogP contribution in [0.3, 0.4) is 0 Å². The van der Waals surface area contributed by atoms with E-state index in [9.17, 15) is 24.0 Å². The van der Waals surface area contributed by atoms with Gasteiger partial charge in [-0.25, -0.2) is 4.79 Å². The fraction of sp³-hybridized carbons (Fsp3) is 0.522. The molecule has 4 rings (SSSR count). The fourth-order valence-corrected chi connectivity index (χ4v) is 4.81. The predicted octanol–water partition coefficient (Wildman–Crippen LogP) is 2.11. The predicted molar refractivity (Wildman–Crippen MR) is 113 cm³/mol. The Morgan fingerprint density at radius 2 is 1.75 bits per heavy atom. The quantitative estimate of drug-likeness (QED) is 0.300. The van der Waals surface area contributed by atoms with Gasteiger partial charge in [-0.15, -0.1) is 0 Å². The number of hydrogen-bond acceptors (Lipinski definition) is 6. The molecule has 9 nitrogen and oxygen atoms in total. The molecule has 170 valence electrons. The number of hydrogen-bond donors (Lipinski definition) is 1. The molecule has 1 saturated carbocycles. The number of carbonyl (C=O) groups excluding carboxylic acids is 5. The largest absolute Gasteiger partial charge is 0.464 e. The van der Waals surface area contributed by atoms with Gasteiger partial charge in [-0.2, -0.15) is 0 Å². The summed E-state index contributed by atoms with van der Waals surface area (Å²) in [4.78, 5) is 64.2. The van der Waals surface area contributed by atoms with Gasteiger partial charge in [0.15, 0.2) is 0 Å². The number of ether oxygens (including phenoxy) is 1. The van der Waals surface area contributed by atoms with Crippen molar-refractivity contribution in [2.24, 2.45) is 5.92 Å². The number of rotatable bonds is 7. The van der Waals surface area contributed by atoms with Gasteiger partial charge in [0.25, 0.3) is 17.7 Å². The van der Waals surface area contributed by atoms with Crippen LogP contribution >= 0.6 is 0 Å². The first-order valence-corrected chi connectivity index (χ1v) is 11.1. The van der Waals surface area contributed by atoms with Crippen molar-refractivity contribution in [1.29, 1.82) is 0 Å². The Bertz CT molecular complexity index is 941. The molecular weight excluding hydrogens is 414 g/mol. The van der Waals surface area contributed by atoms with Crippen molar-refractivity contribution >= 4 is 29.7 Å². The molecule has 1 saturated heterocycles. The number of carbonyl (C=O) groups is 5. The van der Waals surface area contributed by atoms with Crippen LogP contribution in [-0.4, -0.2) is 64.8 Å². The normalized spacial score (nSPS) is 24.8. The van der Waals surface area contributed by atoms with E-state index in [1.807, 2.05) is 6.92 Å². The van der Waals surface area contributed by atoms with Gasteiger partial charge < -0.3 is 10.1 Å². The van der Waals surface area contributed by atoms with Crippen LogP contribution in [0, 0.1) is 5.92 Å². The molecule has 1 aliphatic carbocycles. The number of amides is 5. The van der Waals surface area contributed by atoms with Crippen LogP contribution in [0.5, 0.6) is 0 Å². The van der Waals surface area contributed by atoms with Gasteiger partial charge in [0.1, 0.15) is 12.1 Å². The molecule has 3 aliphatic rings.